The summed E-state index contributed by atoms with van der Waals surface area (Å²) < 4.78 is 13.1. The minimum atomic E-state index is -0.592. The highest BCUT2D eigenvalue weighted by Gasteiger charge is 2.53. The maximum absolute atomic E-state index is 14.0. The summed E-state index contributed by atoms with van der Waals surface area (Å²) in [7, 11) is 0. The Morgan fingerprint density at radius 2 is 2.03 bits per heavy atom. The Kier molecular flexibility index (Phi) is 5.40. The predicted molar refractivity (Wildman–Crippen MR) is 136 cm³/mol. The van der Waals surface area contributed by atoms with E-state index in [0.29, 0.717) is 29.0 Å². The monoisotopic (exact) mass is 488 g/mol. The lowest BCUT2D eigenvalue weighted by Gasteiger charge is -2.37. The van der Waals surface area contributed by atoms with Crippen molar-refractivity contribution in [2.75, 3.05) is 11.5 Å². The lowest BCUT2D eigenvalue weighted by molar-refractivity contribution is -0.132. The minimum absolute atomic E-state index is 0.0439. The van der Waals surface area contributed by atoms with Gasteiger partial charge in [0.2, 0.25) is 0 Å². The van der Waals surface area contributed by atoms with Crippen LogP contribution in [-0.2, 0) is 14.3 Å². The van der Waals surface area contributed by atoms with Gasteiger partial charge in [0, 0.05) is 0 Å². The SMILES string of the molecule is CCOc1cccc(C2C3=C(OC4CCC(C)CC4C3=O)C(=O)N2c2nc3ccc(C)cc3s2)c1. The summed E-state index contributed by atoms with van der Waals surface area (Å²) in [6.07, 6.45) is 2.37. The lowest BCUT2D eigenvalue weighted by Crippen LogP contribution is -2.41. The average Bonchev–Trinajstić information content (AvgIpc) is 3.38. The van der Waals surface area contributed by atoms with Gasteiger partial charge in [-0.2, -0.15) is 0 Å². The molecule has 0 spiro atoms. The number of benzene rings is 2. The normalized spacial score (nSPS) is 26.1. The number of fused-ring (bicyclic) bond motifs is 2. The third kappa shape index (κ3) is 3.64. The smallest absolute Gasteiger partial charge is 0.296 e. The van der Waals surface area contributed by atoms with E-state index in [1.165, 1.54) is 11.3 Å². The second-order valence-electron chi connectivity index (χ2n) is 9.84. The van der Waals surface area contributed by atoms with Crippen LogP contribution in [0.15, 0.2) is 53.8 Å². The molecular weight excluding hydrogens is 460 g/mol. The Hall–Kier alpha value is -3.19. The van der Waals surface area contributed by atoms with Crippen LogP contribution < -0.4 is 9.64 Å². The summed E-state index contributed by atoms with van der Waals surface area (Å²) in [6.45, 7) is 6.69. The Labute approximate surface area is 208 Å². The number of hydrogen-bond donors (Lipinski definition) is 0. The van der Waals surface area contributed by atoms with Crippen molar-refractivity contribution in [2.45, 2.75) is 52.2 Å². The predicted octanol–water partition coefficient (Wildman–Crippen LogP) is 5.75. The molecule has 3 aromatic rings. The summed E-state index contributed by atoms with van der Waals surface area (Å²) >= 11 is 1.47. The number of hydrogen-bond acceptors (Lipinski definition) is 6. The van der Waals surface area contributed by atoms with Crippen LogP contribution in [0.2, 0.25) is 0 Å². The molecule has 180 valence electrons. The number of aryl methyl sites for hydroxylation is 1. The molecule has 0 bridgehead atoms. The highest BCUT2D eigenvalue weighted by Crippen LogP contribution is 2.50. The van der Waals surface area contributed by atoms with Gasteiger partial charge in [0.15, 0.2) is 16.7 Å². The molecule has 7 heteroatoms. The van der Waals surface area contributed by atoms with Crippen LogP contribution in [-0.4, -0.2) is 29.4 Å². The van der Waals surface area contributed by atoms with Crippen LogP contribution >= 0.6 is 11.3 Å². The van der Waals surface area contributed by atoms with Gasteiger partial charge in [0.25, 0.3) is 5.91 Å². The molecule has 3 aliphatic rings. The van der Waals surface area contributed by atoms with E-state index in [2.05, 4.69) is 13.0 Å². The first-order valence-corrected chi connectivity index (χ1v) is 13.1. The number of thiazole rings is 1. The van der Waals surface area contributed by atoms with E-state index in [1.807, 2.05) is 50.2 Å². The van der Waals surface area contributed by atoms with Crippen LogP contribution in [0.25, 0.3) is 10.2 Å². The second kappa shape index (κ2) is 8.48. The summed E-state index contributed by atoms with van der Waals surface area (Å²) in [5.74, 6) is 0.926. The van der Waals surface area contributed by atoms with Gasteiger partial charge in [-0.3, -0.25) is 14.5 Å². The topological polar surface area (TPSA) is 68.7 Å². The molecule has 35 heavy (non-hydrogen) atoms. The molecule has 6 nitrogen and oxygen atoms in total. The van der Waals surface area contributed by atoms with Crippen molar-refractivity contribution in [3.05, 3.63) is 64.9 Å². The van der Waals surface area contributed by atoms with Crippen molar-refractivity contribution in [3.8, 4) is 5.75 Å². The Balaban J connectivity index is 1.50. The molecule has 2 aliphatic heterocycles. The quantitative estimate of drug-likeness (QED) is 0.468. The van der Waals surface area contributed by atoms with Gasteiger partial charge in [0.05, 0.1) is 34.4 Å². The number of Topliss-reactive ketones (excluding diaryl/α,β-unsaturated/α-hetero) is 1. The number of nitrogens with zero attached hydrogens (tertiary/aromatic N) is 2. The molecule has 2 aromatic carbocycles. The van der Waals surface area contributed by atoms with Crippen LogP contribution in [0.5, 0.6) is 5.75 Å². The molecule has 6 rings (SSSR count). The van der Waals surface area contributed by atoms with Crippen molar-refractivity contribution in [1.82, 2.24) is 4.98 Å². The summed E-state index contributed by atoms with van der Waals surface area (Å²) in [5, 5.41) is 0.574. The number of ketones is 1. The van der Waals surface area contributed by atoms with Crippen LogP contribution in [0.1, 0.15) is 50.3 Å². The summed E-state index contributed by atoms with van der Waals surface area (Å²) in [4.78, 5) is 34.3. The minimum Gasteiger partial charge on any atom is -0.494 e. The van der Waals surface area contributed by atoms with Crippen LogP contribution in [0, 0.1) is 18.8 Å². The molecule has 4 unspecified atom stereocenters. The molecule has 1 saturated carbocycles. The first-order chi connectivity index (χ1) is 16.9. The van der Waals surface area contributed by atoms with Gasteiger partial charge in [-0.25, -0.2) is 4.98 Å². The first kappa shape index (κ1) is 22.3. The van der Waals surface area contributed by atoms with E-state index < -0.39 is 6.04 Å². The molecule has 1 fully saturated rings. The van der Waals surface area contributed by atoms with E-state index in [-0.39, 0.29) is 29.5 Å². The maximum atomic E-state index is 14.0. The largest absolute Gasteiger partial charge is 0.494 e. The molecular formula is C28H28N2O4S. The van der Waals surface area contributed by atoms with E-state index in [4.69, 9.17) is 14.5 Å². The Morgan fingerprint density at radius 3 is 2.86 bits per heavy atom. The average molecular weight is 489 g/mol. The molecule has 1 aromatic heterocycles. The molecule has 0 N–H and O–H groups in total. The van der Waals surface area contributed by atoms with E-state index >= 15 is 0 Å². The number of ether oxygens (including phenoxy) is 2. The fraction of sp³-hybridized carbons (Fsp3) is 0.393. The van der Waals surface area contributed by atoms with Gasteiger partial charge in [-0.05, 0) is 74.4 Å². The van der Waals surface area contributed by atoms with E-state index in [0.717, 1.165) is 40.6 Å². The highest BCUT2D eigenvalue weighted by molar-refractivity contribution is 7.22. The summed E-state index contributed by atoms with van der Waals surface area (Å²) in [5.41, 5.74) is 3.26. The van der Waals surface area contributed by atoms with E-state index in [1.54, 1.807) is 4.90 Å². The van der Waals surface area contributed by atoms with Crippen molar-refractivity contribution in [3.63, 3.8) is 0 Å². The van der Waals surface area contributed by atoms with Gasteiger partial charge in [-0.1, -0.05) is 36.5 Å². The van der Waals surface area contributed by atoms with Crippen molar-refractivity contribution < 1.29 is 19.1 Å². The third-order valence-electron chi connectivity index (χ3n) is 7.33. The fourth-order valence-electron chi connectivity index (χ4n) is 5.65. The molecule has 1 aliphatic carbocycles. The fourth-order valence-corrected chi connectivity index (χ4v) is 6.74. The van der Waals surface area contributed by atoms with Gasteiger partial charge >= 0.3 is 0 Å². The zero-order chi connectivity index (χ0) is 24.3. The Morgan fingerprint density at radius 1 is 1.17 bits per heavy atom. The number of aromatic nitrogens is 1. The standard InChI is InChI=1S/C28H28N2O4S/c1-4-33-18-7-5-6-17(14-18)24-23-25(31)19-12-15(2)9-11-21(19)34-26(23)27(32)30(24)28-29-20-10-8-16(3)13-22(20)35-28/h5-8,10,13-15,19,21,24H,4,9,11-12H2,1-3H3. The zero-order valence-electron chi connectivity index (χ0n) is 20.1. The molecule has 1 amide bonds. The van der Waals surface area contributed by atoms with Crippen molar-refractivity contribution >= 4 is 38.4 Å². The number of carbonyl (C=O) groups is 2. The third-order valence-corrected chi connectivity index (χ3v) is 8.35. The highest BCUT2D eigenvalue weighted by atomic mass is 32.1. The van der Waals surface area contributed by atoms with Crippen molar-refractivity contribution in [2.24, 2.45) is 11.8 Å². The van der Waals surface area contributed by atoms with Gasteiger partial charge in [0.1, 0.15) is 11.9 Å². The molecule has 0 radical (unpaired) electrons. The molecule has 4 atom stereocenters. The van der Waals surface area contributed by atoms with Crippen molar-refractivity contribution in [1.29, 1.82) is 0 Å². The summed E-state index contributed by atoms with van der Waals surface area (Å²) in [6, 6.07) is 13.1. The maximum Gasteiger partial charge on any atom is 0.296 e. The lowest BCUT2D eigenvalue weighted by atomic mass is 9.74. The van der Waals surface area contributed by atoms with E-state index in [9.17, 15) is 9.59 Å². The second-order valence-corrected chi connectivity index (χ2v) is 10.8. The van der Waals surface area contributed by atoms with Crippen LogP contribution in [0.4, 0.5) is 5.13 Å². The number of rotatable bonds is 4. The van der Waals surface area contributed by atoms with Gasteiger partial charge in [-0.15, -0.1) is 0 Å². The Bertz CT molecular complexity index is 1380. The first-order valence-electron chi connectivity index (χ1n) is 12.3. The molecule has 0 saturated heterocycles. The van der Waals surface area contributed by atoms with Gasteiger partial charge < -0.3 is 9.47 Å². The number of anilines is 1. The number of carbonyl (C=O) groups excluding carboxylic acids is 2. The number of amides is 1. The van der Waals surface area contributed by atoms with Crippen LogP contribution in [0.3, 0.4) is 0 Å². The molecule has 3 heterocycles. The zero-order valence-corrected chi connectivity index (χ0v) is 20.9.